The number of aryl methyl sites for hydroxylation is 1. The van der Waals surface area contributed by atoms with Crippen LogP contribution in [0.4, 0.5) is 4.39 Å². The Balaban J connectivity index is 1.44. The van der Waals surface area contributed by atoms with Crippen LogP contribution in [0, 0.1) is 5.92 Å². The molecule has 0 radical (unpaired) electrons. The third-order valence-corrected chi connectivity index (χ3v) is 6.50. The number of benzene rings is 1. The molecule has 2 atom stereocenters. The lowest BCUT2D eigenvalue weighted by atomic mass is 10.0. The standard InChI is InChI=1S/C22H22ClFN4OS/c1-27(10-9-24)21(29)18-11-17(18)14-3-5-15(6-4-14)19-13-28(2)22(26-19)30-20-8-7-16(23)12-25-20/h3-8,12-13,17-18H,9-11H2,1-2H3/t17-,18+/m1/s1. The van der Waals surface area contributed by atoms with Crippen LogP contribution in [0.2, 0.25) is 5.02 Å². The van der Waals surface area contributed by atoms with Crippen molar-refractivity contribution in [1.29, 1.82) is 0 Å². The van der Waals surface area contributed by atoms with Gasteiger partial charge in [0.2, 0.25) is 5.91 Å². The van der Waals surface area contributed by atoms with Crippen molar-refractivity contribution in [2.75, 3.05) is 20.3 Å². The highest BCUT2D eigenvalue weighted by Gasteiger charge is 2.45. The van der Waals surface area contributed by atoms with Crippen molar-refractivity contribution >= 4 is 29.3 Å². The molecule has 1 aliphatic rings. The van der Waals surface area contributed by atoms with E-state index in [2.05, 4.69) is 17.1 Å². The van der Waals surface area contributed by atoms with Crippen LogP contribution in [0.3, 0.4) is 0 Å². The van der Waals surface area contributed by atoms with Crippen LogP contribution in [0.1, 0.15) is 17.9 Å². The number of alkyl halides is 1. The van der Waals surface area contributed by atoms with Crippen molar-refractivity contribution in [1.82, 2.24) is 19.4 Å². The Morgan fingerprint density at radius 1 is 1.30 bits per heavy atom. The van der Waals surface area contributed by atoms with E-state index in [-0.39, 0.29) is 24.3 Å². The average molecular weight is 445 g/mol. The number of carbonyl (C=O) groups excluding carboxylic acids is 1. The van der Waals surface area contributed by atoms with Gasteiger partial charge in [0.1, 0.15) is 11.7 Å². The van der Waals surface area contributed by atoms with E-state index in [4.69, 9.17) is 16.6 Å². The molecule has 8 heteroatoms. The lowest BCUT2D eigenvalue weighted by Gasteiger charge is -2.15. The Morgan fingerprint density at radius 3 is 2.73 bits per heavy atom. The number of hydrogen-bond donors (Lipinski definition) is 0. The quantitative estimate of drug-likeness (QED) is 0.524. The molecule has 4 rings (SSSR count). The Kier molecular flexibility index (Phi) is 6.11. The number of hydrogen-bond acceptors (Lipinski definition) is 4. The van der Waals surface area contributed by atoms with Gasteiger partial charge in [0.25, 0.3) is 0 Å². The zero-order valence-electron chi connectivity index (χ0n) is 16.8. The van der Waals surface area contributed by atoms with E-state index >= 15 is 0 Å². The van der Waals surface area contributed by atoms with Gasteiger partial charge in [0.15, 0.2) is 5.16 Å². The number of pyridine rings is 1. The second-order valence-electron chi connectivity index (χ2n) is 7.46. The molecule has 1 aromatic carbocycles. The van der Waals surface area contributed by atoms with Crippen LogP contribution in [0.25, 0.3) is 11.3 Å². The van der Waals surface area contributed by atoms with Gasteiger partial charge in [-0.25, -0.2) is 14.4 Å². The molecule has 2 heterocycles. The number of carbonyl (C=O) groups is 1. The van der Waals surface area contributed by atoms with Crippen molar-refractivity contribution < 1.29 is 9.18 Å². The summed E-state index contributed by atoms with van der Waals surface area (Å²) in [5, 5.41) is 2.28. The van der Waals surface area contributed by atoms with Crippen molar-refractivity contribution in [2.45, 2.75) is 22.5 Å². The number of aromatic nitrogens is 3. The number of nitrogens with zero attached hydrogens (tertiary/aromatic N) is 4. The summed E-state index contributed by atoms with van der Waals surface area (Å²) in [5.74, 6) is 0.223. The number of imidazole rings is 1. The van der Waals surface area contributed by atoms with Gasteiger partial charge >= 0.3 is 0 Å². The molecule has 156 valence electrons. The molecule has 0 N–H and O–H groups in total. The molecule has 1 saturated carbocycles. The molecule has 1 aliphatic carbocycles. The summed E-state index contributed by atoms with van der Waals surface area (Å²) in [7, 11) is 3.62. The van der Waals surface area contributed by atoms with Crippen molar-refractivity contribution in [3.05, 3.63) is 59.4 Å². The van der Waals surface area contributed by atoms with Gasteiger partial charge in [-0.2, -0.15) is 0 Å². The first-order chi connectivity index (χ1) is 14.5. The lowest BCUT2D eigenvalue weighted by molar-refractivity contribution is -0.131. The van der Waals surface area contributed by atoms with Gasteiger partial charge in [-0.1, -0.05) is 35.9 Å². The first-order valence-electron chi connectivity index (χ1n) is 9.70. The summed E-state index contributed by atoms with van der Waals surface area (Å²) in [6.45, 7) is -0.348. The first-order valence-corrected chi connectivity index (χ1v) is 10.9. The molecule has 1 fully saturated rings. The fraction of sp³-hybridized carbons (Fsp3) is 0.318. The van der Waals surface area contributed by atoms with Crippen molar-refractivity contribution in [2.24, 2.45) is 13.0 Å². The molecule has 5 nitrogen and oxygen atoms in total. The Labute approximate surface area is 184 Å². The maximum atomic E-state index is 12.5. The smallest absolute Gasteiger partial charge is 0.226 e. The van der Waals surface area contributed by atoms with E-state index in [1.165, 1.54) is 16.7 Å². The zero-order chi connectivity index (χ0) is 21.3. The van der Waals surface area contributed by atoms with Gasteiger partial charge < -0.3 is 9.47 Å². The van der Waals surface area contributed by atoms with Crippen molar-refractivity contribution in [3.63, 3.8) is 0 Å². The molecule has 2 aromatic heterocycles. The zero-order valence-corrected chi connectivity index (χ0v) is 18.3. The number of halogens is 2. The van der Waals surface area contributed by atoms with Crippen LogP contribution >= 0.6 is 23.4 Å². The monoisotopic (exact) mass is 444 g/mol. The average Bonchev–Trinajstić information content (AvgIpc) is 3.47. The molecular formula is C22H22ClFN4OS. The first kappa shape index (κ1) is 20.9. The molecule has 0 aliphatic heterocycles. The maximum absolute atomic E-state index is 12.5. The topological polar surface area (TPSA) is 51.0 Å². The third-order valence-electron chi connectivity index (χ3n) is 5.27. The maximum Gasteiger partial charge on any atom is 0.226 e. The highest BCUT2D eigenvalue weighted by atomic mass is 35.5. The number of amides is 1. The molecule has 30 heavy (non-hydrogen) atoms. The second kappa shape index (κ2) is 8.78. The minimum absolute atomic E-state index is 0.0304. The molecule has 0 unspecified atom stereocenters. The summed E-state index contributed by atoms with van der Waals surface area (Å²) < 4.78 is 14.4. The Bertz CT molecular complexity index is 1040. The SMILES string of the molecule is CN(CCF)C(=O)[C@H]1C[C@@H]1c1ccc(-c2cn(C)c(Sc3ccc(Cl)cn3)n2)cc1. The second-order valence-corrected chi connectivity index (χ2v) is 8.88. The highest BCUT2D eigenvalue weighted by Crippen LogP contribution is 2.48. The van der Waals surface area contributed by atoms with Crippen LogP contribution in [-0.4, -0.2) is 45.6 Å². The van der Waals surface area contributed by atoms with E-state index in [0.717, 1.165) is 33.4 Å². The normalized spacial score (nSPS) is 17.7. The fourth-order valence-corrected chi connectivity index (χ4v) is 4.34. The van der Waals surface area contributed by atoms with Crippen LogP contribution in [0.15, 0.2) is 59.0 Å². The van der Waals surface area contributed by atoms with Crippen LogP contribution in [0.5, 0.6) is 0 Å². The van der Waals surface area contributed by atoms with E-state index in [0.29, 0.717) is 5.02 Å². The Hall–Kier alpha value is -2.38. The summed E-state index contributed by atoms with van der Waals surface area (Å²) in [5.41, 5.74) is 3.04. The van der Waals surface area contributed by atoms with E-state index in [1.54, 1.807) is 13.2 Å². The van der Waals surface area contributed by atoms with E-state index < -0.39 is 6.67 Å². The summed E-state index contributed by atoms with van der Waals surface area (Å²) in [6.07, 6.45) is 4.44. The van der Waals surface area contributed by atoms with Gasteiger partial charge in [-0.05, 0) is 41.8 Å². The Morgan fingerprint density at radius 2 is 2.07 bits per heavy atom. The van der Waals surface area contributed by atoms with E-state index in [1.807, 2.05) is 42.1 Å². The molecule has 0 saturated heterocycles. The molecule has 0 spiro atoms. The highest BCUT2D eigenvalue weighted by molar-refractivity contribution is 7.99. The van der Waals surface area contributed by atoms with Gasteiger partial charge in [-0.15, -0.1) is 0 Å². The number of rotatable bonds is 7. The fourth-order valence-electron chi connectivity index (χ4n) is 3.46. The minimum Gasteiger partial charge on any atom is -0.343 e. The minimum atomic E-state index is -0.507. The predicted octanol–water partition coefficient (Wildman–Crippen LogP) is 4.82. The molecule has 3 aromatic rings. The van der Waals surface area contributed by atoms with E-state index in [9.17, 15) is 9.18 Å². The van der Waals surface area contributed by atoms with Crippen LogP contribution < -0.4 is 0 Å². The van der Waals surface area contributed by atoms with Gasteiger partial charge in [0, 0.05) is 44.5 Å². The van der Waals surface area contributed by atoms with Gasteiger partial charge in [-0.3, -0.25) is 4.79 Å². The predicted molar refractivity (Wildman–Crippen MR) is 116 cm³/mol. The van der Waals surface area contributed by atoms with Crippen molar-refractivity contribution in [3.8, 4) is 11.3 Å². The summed E-state index contributed by atoms with van der Waals surface area (Å²) >= 11 is 7.38. The summed E-state index contributed by atoms with van der Waals surface area (Å²) in [6, 6.07) is 11.9. The lowest BCUT2D eigenvalue weighted by Crippen LogP contribution is -2.30. The largest absolute Gasteiger partial charge is 0.343 e. The molecule has 0 bridgehead atoms. The molecule has 1 amide bonds. The van der Waals surface area contributed by atoms with Crippen LogP contribution in [-0.2, 0) is 11.8 Å². The molecular weight excluding hydrogens is 423 g/mol. The third kappa shape index (κ3) is 4.52. The van der Waals surface area contributed by atoms with Gasteiger partial charge in [0.05, 0.1) is 10.7 Å². The summed E-state index contributed by atoms with van der Waals surface area (Å²) in [4.78, 5) is 22.8.